The number of unbranched alkanes of at least 4 members (excludes halogenated alkanes) is 4. The molecule has 0 fully saturated rings. The average Bonchev–Trinajstić information content (AvgIpc) is 2.97. The van der Waals surface area contributed by atoms with E-state index in [0.29, 0.717) is 17.7 Å². The van der Waals surface area contributed by atoms with Crippen LogP contribution in [0, 0.1) is 13.8 Å². The predicted octanol–water partition coefficient (Wildman–Crippen LogP) is 6.37. The van der Waals surface area contributed by atoms with Crippen molar-refractivity contribution in [1.29, 1.82) is 0 Å². The van der Waals surface area contributed by atoms with E-state index in [4.69, 9.17) is 4.74 Å². The van der Waals surface area contributed by atoms with E-state index in [0.717, 1.165) is 87.2 Å². The van der Waals surface area contributed by atoms with Crippen molar-refractivity contribution >= 4 is 17.4 Å². The molecule has 8 heteroatoms. The van der Waals surface area contributed by atoms with Crippen molar-refractivity contribution in [2.24, 2.45) is 0 Å². The third kappa shape index (κ3) is 11.4. The normalized spacial score (nSPS) is 11.8. The number of phenols is 1. The quantitative estimate of drug-likeness (QED) is 0.0977. The molecule has 0 unspecified atom stereocenters. The molecule has 2 amide bonds. The summed E-state index contributed by atoms with van der Waals surface area (Å²) in [6.07, 6.45) is 6.58. The first-order chi connectivity index (χ1) is 20.4. The van der Waals surface area contributed by atoms with E-state index in [1.54, 1.807) is 12.1 Å². The van der Waals surface area contributed by atoms with Gasteiger partial charge in [0.05, 0.1) is 12.7 Å². The van der Waals surface area contributed by atoms with E-state index in [9.17, 15) is 20.1 Å². The largest absolute Gasteiger partial charge is 0.508 e. The summed E-state index contributed by atoms with van der Waals surface area (Å²) in [5.74, 6) is 0.0394. The maximum Gasteiger partial charge on any atom is 0.323 e. The molecule has 0 radical (unpaired) electrons. The van der Waals surface area contributed by atoms with Crippen LogP contribution in [0.1, 0.15) is 72.4 Å². The molecule has 0 aliphatic rings. The Morgan fingerprint density at radius 1 is 0.857 bits per heavy atom. The van der Waals surface area contributed by atoms with Gasteiger partial charge in [0.25, 0.3) is 0 Å². The van der Waals surface area contributed by atoms with Gasteiger partial charge in [0.2, 0.25) is 0 Å². The van der Waals surface area contributed by atoms with Gasteiger partial charge in [-0.2, -0.15) is 0 Å². The summed E-state index contributed by atoms with van der Waals surface area (Å²) in [5.41, 5.74) is 6.00. The second kappa shape index (κ2) is 18.2. The van der Waals surface area contributed by atoms with E-state index >= 15 is 0 Å². The SMILES string of the molecule is Cc1cccc(C)c1NC(=O)Nc1cccc(CCCCOCCCCCCNC[C@@H](O)c2ccc(O)c(CO)c2)c1. The number of rotatable bonds is 18. The molecule has 0 aliphatic heterocycles. The molecular formula is C34H47N3O5. The van der Waals surface area contributed by atoms with E-state index in [1.807, 2.05) is 50.2 Å². The highest BCUT2D eigenvalue weighted by molar-refractivity contribution is 6.00. The minimum absolute atomic E-state index is 0.0394. The molecule has 0 aromatic heterocycles. The molecule has 3 aromatic rings. The lowest BCUT2D eigenvalue weighted by Crippen LogP contribution is -2.22. The maximum absolute atomic E-state index is 12.5. The summed E-state index contributed by atoms with van der Waals surface area (Å²) in [4.78, 5) is 12.5. The molecule has 3 rings (SSSR count). The molecule has 0 heterocycles. The van der Waals surface area contributed by atoms with E-state index in [2.05, 4.69) is 22.0 Å². The third-order valence-corrected chi connectivity index (χ3v) is 7.30. The van der Waals surface area contributed by atoms with E-state index in [1.165, 1.54) is 11.6 Å². The number of hydrogen-bond acceptors (Lipinski definition) is 6. The van der Waals surface area contributed by atoms with Crippen molar-refractivity contribution in [3.63, 3.8) is 0 Å². The second-order valence-corrected chi connectivity index (χ2v) is 10.8. The number of hydrogen-bond donors (Lipinski definition) is 6. The summed E-state index contributed by atoms with van der Waals surface area (Å²) in [6, 6.07) is 18.5. The van der Waals surface area contributed by atoms with Crippen LogP contribution in [0.25, 0.3) is 0 Å². The maximum atomic E-state index is 12.5. The van der Waals surface area contributed by atoms with Crippen molar-refractivity contribution in [2.75, 3.05) is 36.9 Å². The standard InChI is InChI=1S/C34H47N3O5/c1-25-11-9-12-26(2)33(25)37-34(41)36-30-15-10-14-27(21-30)13-5-8-20-42-19-7-4-3-6-18-35-23-32(40)28-16-17-31(39)29(22-28)24-38/h9-12,14-17,21-22,32,35,38-40H,3-8,13,18-20,23-24H2,1-2H3,(H2,36,37,41)/t32-/m1/s1. The Labute approximate surface area is 250 Å². The molecule has 0 aliphatic carbocycles. The van der Waals surface area contributed by atoms with Gasteiger partial charge in [-0.25, -0.2) is 4.79 Å². The number of anilines is 2. The van der Waals surface area contributed by atoms with Gasteiger partial charge in [0.1, 0.15) is 5.75 Å². The number of aliphatic hydroxyl groups excluding tert-OH is 2. The first-order valence-electron chi connectivity index (χ1n) is 15.0. The summed E-state index contributed by atoms with van der Waals surface area (Å²) in [5, 5.41) is 38.4. The number of carbonyl (C=O) groups excluding carboxylic acids is 1. The number of aromatic hydroxyl groups is 1. The van der Waals surface area contributed by atoms with E-state index < -0.39 is 6.10 Å². The van der Waals surface area contributed by atoms with Gasteiger partial charge in [-0.05, 0) is 99.0 Å². The predicted molar refractivity (Wildman–Crippen MR) is 169 cm³/mol. The number of amides is 2. The molecule has 8 nitrogen and oxygen atoms in total. The molecule has 42 heavy (non-hydrogen) atoms. The number of urea groups is 1. The molecular weight excluding hydrogens is 530 g/mol. The number of benzene rings is 3. The average molecular weight is 578 g/mol. The molecule has 0 bridgehead atoms. The van der Waals surface area contributed by atoms with Gasteiger partial charge < -0.3 is 36.0 Å². The van der Waals surface area contributed by atoms with Crippen molar-refractivity contribution in [3.05, 3.63) is 88.5 Å². The van der Waals surface area contributed by atoms with Crippen LogP contribution in [0.15, 0.2) is 60.7 Å². The minimum Gasteiger partial charge on any atom is -0.508 e. The Kier molecular flexibility index (Phi) is 14.3. The fourth-order valence-corrected chi connectivity index (χ4v) is 4.83. The zero-order chi connectivity index (χ0) is 30.2. The summed E-state index contributed by atoms with van der Waals surface area (Å²) in [6.45, 7) is 6.51. The fourth-order valence-electron chi connectivity index (χ4n) is 4.83. The van der Waals surface area contributed by atoms with Crippen LogP contribution in [-0.4, -0.2) is 47.7 Å². The van der Waals surface area contributed by atoms with Crippen molar-refractivity contribution in [3.8, 4) is 5.75 Å². The Bertz CT molecular complexity index is 1230. The molecule has 1 atom stereocenters. The molecule has 228 valence electrons. The molecule has 0 saturated carbocycles. The highest BCUT2D eigenvalue weighted by Gasteiger charge is 2.10. The Morgan fingerprint density at radius 3 is 2.33 bits per heavy atom. The van der Waals surface area contributed by atoms with Crippen LogP contribution in [0.3, 0.4) is 0 Å². The zero-order valence-electron chi connectivity index (χ0n) is 25.0. The fraction of sp³-hybridized carbons (Fsp3) is 0.441. The Hall–Kier alpha value is -3.43. The van der Waals surface area contributed by atoms with Crippen molar-refractivity contribution in [1.82, 2.24) is 5.32 Å². The smallest absolute Gasteiger partial charge is 0.323 e. The van der Waals surface area contributed by atoms with Gasteiger partial charge >= 0.3 is 6.03 Å². The van der Waals surface area contributed by atoms with Crippen LogP contribution in [0.4, 0.5) is 16.2 Å². The van der Waals surface area contributed by atoms with Crippen LogP contribution in [0.5, 0.6) is 5.75 Å². The summed E-state index contributed by atoms with van der Waals surface area (Å²) >= 11 is 0. The highest BCUT2D eigenvalue weighted by atomic mass is 16.5. The lowest BCUT2D eigenvalue weighted by Gasteiger charge is -2.14. The Balaban J connectivity index is 1.18. The van der Waals surface area contributed by atoms with Crippen LogP contribution in [0.2, 0.25) is 0 Å². The van der Waals surface area contributed by atoms with Gasteiger partial charge in [0.15, 0.2) is 0 Å². The number of para-hydroxylation sites is 1. The summed E-state index contributed by atoms with van der Waals surface area (Å²) in [7, 11) is 0. The topological polar surface area (TPSA) is 123 Å². The lowest BCUT2D eigenvalue weighted by atomic mass is 10.1. The number of carbonyl (C=O) groups is 1. The van der Waals surface area contributed by atoms with Crippen molar-refractivity contribution < 1.29 is 24.9 Å². The van der Waals surface area contributed by atoms with Crippen LogP contribution >= 0.6 is 0 Å². The molecule has 0 spiro atoms. The number of nitrogens with one attached hydrogen (secondary N) is 3. The first kappa shape index (κ1) is 33.1. The molecule has 3 aromatic carbocycles. The van der Waals surface area contributed by atoms with Gasteiger partial charge in [-0.1, -0.05) is 49.2 Å². The highest BCUT2D eigenvalue weighted by Crippen LogP contribution is 2.23. The number of aryl methyl sites for hydroxylation is 3. The second-order valence-electron chi connectivity index (χ2n) is 10.8. The van der Waals surface area contributed by atoms with Gasteiger partial charge in [-0.3, -0.25) is 0 Å². The zero-order valence-corrected chi connectivity index (χ0v) is 25.0. The molecule has 6 N–H and O–H groups in total. The minimum atomic E-state index is -0.676. The number of ether oxygens (including phenoxy) is 1. The van der Waals surface area contributed by atoms with Crippen LogP contribution < -0.4 is 16.0 Å². The van der Waals surface area contributed by atoms with Crippen LogP contribution in [-0.2, 0) is 17.8 Å². The number of aliphatic hydroxyl groups is 2. The third-order valence-electron chi connectivity index (χ3n) is 7.30. The molecule has 0 saturated heterocycles. The van der Waals surface area contributed by atoms with E-state index in [-0.39, 0.29) is 18.4 Å². The Morgan fingerprint density at radius 2 is 1.57 bits per heavy atom. The monoisotopic (exact) mass is 577 g/mol. The van der Waals surface area contributed by atoms with Gasteiger partial charge in [-0.15, -0.1) is 0 Å². The van der Waals surface area contributed by atoms with Gasteiger partial charge in [0, 0.05) is 36.7 Å². The first-order valence-corrected chi connectivity index (χ1v) is 15.0. The van der Waals surface area contributed by atoms with Crippen molar-refractivity contribution in [2.45, 2.75) is 71.5 Å². The lowest BCUT2D eigenvalue weighted by molar-refractivity contribution is 0.126. The summed E-state index contributed by atoms with van der Waals surface area (Å²) < 4.78 is 5.81.